The number of benzene rings is 1. The molecule has 1 fully saturated rings. The SMILES string of the molecule is OC[C@H](c1ccc(C(F)(F)F)cc1)N1CCCCC1. The van der Waals surface area contributed by atoms with Gasteiger partial charge in [-0.15, -0.1) is 0 Å². The molecule has 0 amide bonds. The second-order valence-corrected chi connectivity index (χ2v) is 4.91. The summed E-state index contributed by atoms with van der Waals surface area (Å²) in [4.78, 5) is 2.14. The van der Waals surface area contributed by atoms with Crippen molar-refractivity contribution in [1.29, 1.82) is 0 Å². The van der Waals surface area contributed by atoms with Crippen LogP contribution in [-0.4, -0.2) is 29.7 Å². The van der Waals surface area contributed by atoms with Gasteiger partial charge in [0, 0.05) is 0 Å². The van der Waals surface area contributed by atoms with E-state index in [4.69, 9.17) is 0 Å². The van der Waals surface area contributed by atoms with Gasteiger partial charge in [0.25, 0.3) is 0 Å². The number of nitrogens with zero attached hydrogens (tertiary/aromatic N) is 1. The van der Waals surface area contributed by atoms with Crippen molar-refractivity contribution in [2.45, 2.75) is 31.5 Å². The third-order valence-electron chi connectivity index (χ3n) is 3.63. The molecule has 19 heavy (non-hydrogen) atoms. The number of piperidine rings is 1. The van der Waals surface area contributed by atoms with Crippen molar-refractivity contribution in [2.24, 2.45) is 0 Å². The van der Waals surface area contributed by atoms with E-state index >= 15 is 0 Å². The summed E-state index contributed by atoms with van der Waals surface area (Å²) in [7, 11) is 0. The minimum absolute atomic E-state index is 0.0641. The summed E-state index contributed by atoms with van der Waals surface area (Å²) in [6, 6.07) is 4.92. The summed E-state index contributed by atoms with van der Waals surface area (Å²) in [5.41, 5.74) is 0.101. The summed E-state index contributed by atoms with van der Waals surface area (Å²) in [6.07, 6.45) is -0.964. The average molecular weight is 273 g/mol. The molecule has 1 aromatic rings. The zero-order valence-electron chi connectivity index (χ0n) is 10.7. The number of aliphatic hydroxyl groups is 1. The maximum Gasteiger partial charge on any atom is 0.416 e. The van der Waals surface area contributed by atoms with Gasteiger partial charge in [0.2, 0.25) is 0 Å². The van der Waals surface area contributed by atoms with Gasteiger partial charge in [0.05, 0.1) is 18.2 Å². The van der Waals surface area contributed by atoms with Crippen LogP contribution < -0.4 is 0 Å². The molecule has 1 N–H and O–H groups in total. The molecule has 0 radical (unpaired) electrons. The normalized spacial score (nSPS) is 19.4. The number of aliphatic hydroxyl groups excluding tert-OH is 1. The van der Waals surface area contributed by atoms with E-state index in [9.17, 15) is 18.3 Å². The molecule has 1 aromatic carbocycles. The summed E-state index contributed by atoms with van der Waals surface area (Å²) in [5, 5.41) is 9.50. The Morgan fingerprint density at radius 2 is 1.63 bits per heavy atom. The molecule has 5 heteroatoms. The van der Waals surface area contributed by atoms with Gasteiger partial charge in [-0.05, 0) is 43.6 Å². The Kier molecular flexibility index (Phi) is 4.47. The lowest BCUT2D eigenvalue weighted by Gasteiger charge is -2.33. The number of rotatable bonds is 3. The van der Waals surface area contributed by atoms with Crippen LogP contribution in [0.5, 0.6) is 0 Å². The van der Waals surface area contributed by atoms with Gasteiger partial charge in [0.15, 0.2) is 0 Å². The molecule has 1 atom stereocenters. The zero-order chi connectivity index (χ0) is 13.9. The smallest absolute Gasteiger partial charge is 0.394 e. The number of halogens is 3. The fourth-order valence-corrected chi connectivity index (χ4v) is 2.56. The second kappa shape index (κ2) is 5.92. The maximum absolute atomic E-state index is 12.5. The first-order valence-corrected chi connectivity index (χ1v) is 6.54. The molecule has 0 unspecified atom stereocenters. The number of hydrogen-bond donors (Lipinski definition) is 1. The van der Waals surface area contributed by atoms with Crippen molar-refractivity contribution < 1.29 is 18.3 Å². The molecular formula is C14H18F3NO. The van der Waals surface area contributed by atoms with E-state index in [0.717, 1.165) is 43.6 Å². The highest BCUT2D eigenvalue weighted by Gasteiger charge is 2.30. The van der Waals surface area contributed by atoms with Crippen molar-refractivity contribution in [3.8, 4) is 0 Å². The molecule has 0 bridgehead atoms. The van der Waals surface area contributed by atoms with Crippen LogP contribution in [0.15, 0.2) is 24.3 Å². The maximum atomic E-state index is 12.5. The van der Waals surface area contributed by atoms with Gasteiger partial charge < -0.3 is 5.11 Å². The largest absolute Gasteiger partial charge is 0.416 e. The Hall–Kier alpha value is -1.07. The monoisotopic (exact) mass is 273 g/mol. The van der Waals surface area contributed by atoms with Crippen molar-refractivity contribution in [1.82, 2.24) is 4.90 Å². The van der Waals surface area contributed by atoms with Crippen LogP contribution in [0, 0.1) is 0 Å². The predicted octanol–water partition coefficient (Wildman–Crippen LogP) is 3.22. The third kappa shape index (κ3) is 3.48. The Balaban J connectivity index is 2.14. The summed E-state index contributed by atoms with van der Waals surface area (Å²) >= 11 is 0. The quantitative estimate of drug-likeness (QED) is 0.914. The topological polar surface area (TPSA) is 23.5 Å². The first-order valence-electron chi connectivity index (χ1n) is 6.54. The van der Waals surface area contributed by atoms with Crippen LogP contribution in [0.1, 0.15) is 36.4 Å². The van der Waals surface area contributed by atoms with Gasteiger partial charge in [-0.25, -0.2) is 0 Å². The first kappa shape index (κ1) is 14.3. The van der Waals surface area contributed by atoms with Crippen LogP contribution >= 0.6 is 0 Å². The van der Waals surface area contributed by atoms with E-state index < -0.39 is 11.7 Å². The molecule has 2 rings (SSSR count). The summed E-state index contributed by atoms with van der Waals surface area (Å²) < 4.78 is 37.5. The van der Waals surface area contributed by atoms with Crippen molar-refractivity contribution >= 4 is 0 Å². The van der Waals surface area contributed by atoms with E-state index in [1.807, 2.05) is 0 Å². The lowest BCUT2D eigenvalue weighted by atomic mass is 10.0. The van der Waals surface area contributed by atoms with E-state index in [0.29, 0.717) is 0 Å². The van der Waals surface area contributed by atoms with Crippen molar-refractivity contribution in [2.75, 3.05) is 19.7 Å². The molecule has 0 saturated carbocycles. The Labute approximate surface area is 110 Å². The standard InChI is InChI=1S/C14H18F3NO/c15-14(16,17)12-6-4-11(5-7-12)13(10-19)18-8-2-1-3-9-18/h4-7,13,19H,1-3,8-10H2/t13-/m1/s1. The average Bonchev–Trinajstić information content (AvgIpc) is 2.40. The molecule has 1 aliphatic rings. The zero-order valence-corrected chi connectivity index (χ0v) is 10.7. The van der Waals surface area contributed by atoms with Crippen LogP contribution in [0.2, 0.25) is 0 Å². The number of hydrogen-bond acceptors (Lipinski definition) is 2. The fourth-order valence-electron chi connectivity index (χ4n) is 2.56. The van der Waals surface area contributed by atoms with Gasteiger partial charge in [-0.2, -0.15) is 13.2 Å². The molecule has 0 aliphatic carbocycles. The highest BCUT2D eigenvalue weighted by Crippen LogP contribution is 2.31. The fraction of sp³-hybridized carbons (Fsp3) is 0.571. The minimum Gasteiger partial charge on any atom is -0.394 e. The van der Waals surface area contributed by atoms with Crippen molar-refractivity contribution in [3.05, 3.63) is 35.4 Å². The van der Waals surface area contributed by atoms with Crippen LogP contribution in [0.3, 0.4) is 0 Å². The van der Waals surface area contributed by atoms with E-state index in [1.54, 1.807) is 0 Å². The minimum atomic E-state index is -4.31. The van der Waals surface area contributed by atoms with E-state index in [-0.39, 0.29) is 12.6 Å². The number of likely N-dealkylation sites (tertiary alicyclic amines) is 1. The Morgan fingerprint density at radius 3 is 2.11 bits per heavy atom. The highest BCUT2D eigenvalue weighted by atomic mass is 19.4. The lowest BCUT2D eigenvalue weighted by Crippen LogP contribution is -2.35. The van der Waals surface area contributed by atoms with Gasteiger partial charge >= 0.3 is 6.18 Å². The molecule has 2 nitrogen and oxygen atoms in total. The Bertz CT molecular complexity index is 396. The lowest BCUT2D eigenvalue weighted by molar-refractivity contribution is -0.137. The van der Waals surface area contributed by atoms with E-state index in [2.05, 4.69) is 4.90 Å². The molecule has 1 saturated heterocycles. The molecule has 106 valence electrons. The van der Waals surface area contributed by atoms with Crippen LogP contribution in [-0.2, 0) is 6.18 Å². The van der Waals surface area contributed by atoms with Gasteiger partial charge in [0.1, 0.15) is 0 Å². The third-order valence-corrected chi connectivity index (χ3v) is 3.63. The second-order valence-electron chi connectivity index (χ2n) is 4.91. The highest BCUT2D eigenvalue weighted by molar-refractivity contribution is 5.27. The van der Waals surface area contributed by atoms with E-state index in [1.165, 1.54) is 18.6 Å². The van der Waals surface area contributed by atoms with Gasteiger partial charge in [-0.3, -0.25) is 4.90 Å². The molecule has 1 heterocycles. The van der Waals surface area contributed by atoms with Crippen LogP contribution in [0.4, 0.5) is 13.2 Å². The number of alkyl halides is 3. The summed E-state index contributed by atoms with van der Waals surface area (Å²) in [6.45, 7) is 1.73. The van der Waals surface area contributed by atoms with Gasteiger partial charge in [-0.1, -0.05) is 18.6 Å². The first-order chi connectivity index (χ1) is 9.02. The molecule has 1 aliphatic heterocycles. The summed E-state index contributed by atoms with van der Waals surface area (Å²) in [5.74, 6) is 0. The molecular weight excluding hydrogens is 255 g/mol. The van der Waals surface area contributed by atoms with Crippen LogP contribution in [0.25, 0.3) is 0 Å². The predicted molar refractivity (Wildman–Crippen MR) is 66.7 cm³/mol. The molecule has 0 aromatic heterocycles. The van der Waals surface area contributed by atoms with Crippen molar-refractivity contribution in [3.63, 3.8) is 0 Å². The Morgan fingerprint density at radius 1 is 1.05 bits per heavy atom. The molecule has 0 spiro atoms.